The Morgan fingerprint density at radius 1 is 1.24 bits per heavy atom. The maximum absolute atomic E-state index is 11.4. The van der Waals surface area contributed by atoms with Crippen LogP contribution in [0.2, 0.25) is 0 Å². The maximum Gasteiger partial charge on any atom is 0.159 e. The van der Waals surface area contributed by atoms with Gasteiger partial charge in [-0.05, 0) is 71.4 Å². The lowest BCUT2D eigenvalue weighted by Gasteiger charge is -2.26. The van der Waals surface area contributed by atoms with Gasteiger partial charge in [0.25, 0.3) is 0 Å². The van der Waals surface area contributed by atoms with Crippen LogP contribution in [0.5, 0.6) is 5.75 Å². The number of benzene rings is 2. The number of hydrogen-bond acceptors (Lipinski definition) is 2. The molecule has 0 saturated carbocycles. The van der Waals surface area contributed by atoms with Crippen LogP contribution in [0.1, 0.15) is 47.4 Å². The molecule has 21 heavy (non-hydrogen) atoms. The summed E-state index contributed by atoms with van der Waals surface area (Å²) in [6.07, 6.45) is 3.39. The molecule has 1 atom stereocenters. The molecule has 108 valence electrons. The number of halogens is 1. The Hall–Kier alpha value is -1.61. The van der Waals surface area contributed by atoms with Crippen molar-refractivity contribution in [3.8, 4) is 5.75 Å². The first-order valence-electron chi connectivity index (χ1n) is 7.20. The van der Waals surface area contributed by atoms with Gasteiger partial charge >= 0.3 is 0 Å². The quantitative estimate of drug-likeness (QED) is 0.723. The summed E-state index contributed by atoms with van der Waals surface area (Å²) in [5.41, 5.74) is 3.36. The molecule has 0 aliphatic heterocycles. The van der Waals surface area contributed by atoms with Crippen molar-refractivity contribution in [2.24, 2.45) is 0 Å². The summed E-state index contributed by atoms with van der Waals surface area (Å²) in [6, 6.07) is 14.0. The van der Waals surface area contributed by atoms with E-state index >= 15 is 0 Å². The molecule has 1 aliphatic rings. The minimum atomic E-state index is 0.0604. The highest BCUT2D eigenvalue weighted by Crippen LogP contribution is 2.36. The monoisotopic (exact) mass is 344 g/mol. The molecule has 2 aromatic carbocycles. The number of carbonyl (C=O) groups excluding carboxylic acids is 1. The van der Waals surface area contributed by atoms with E-state index in [0.717, 1.165) is 29.5 Å². The number of fused-ring (bicyclic) bond motifs is 1. The summed E-state index contributed by atoms with van der Waals surface area (Å²) in [5.74, 6) is 0.854. The summed E-state index contributed by atoms with van der Waals surface area (Å²) in [6.45, 7) is 1.57. The van der Waals surface area contributed by atoms with E-state index in [1.165, 1.54) is 11.1 Å². The maximum atomic E-state index is 11.4. The van der Waals surface area contributed by atoms with Crippen LogP contribution in [0.15, 0.2) is 46.9 Å². The fourth-order valence-electron chi connectivity index (χ4n) is 2.80. The first kappa shape index (κ1) is 14.3. The van der Waals surface area contributed by atoms with Crippen molar-refractivity contribution in [3.63, 3.8) is 0 Å². The second-order valence-corrected chi connectivity index (χ2v) is 6.25. The van der Waals surface area contributed by atoms with Gasteiger partial charge in [0.15, 0.2) is 5.78 Å². The molecule has 0 fully saturated rings. The lowest BCUT2D eigenvalue weighted by atomic mass is 9.89. The number of ether oxygens (including phenoxy) is 1. The van der Waals surface area contributed by atoms with Gasteiger partial charge < -0.3 is 4.74 Å². The molecule has 0 spiro atoms. The highest BCUT2D eigenvalue weighted by molar-refractivity contribution is 9.10. The molecule has 0 N–H and O–H groups in total. The lowest BCUT2D eigenvalue weighted by molar-refractivity contribution is 0.101. The molecule has 0 heterocycles. The average molecular weight is 345 g/mol. The molecule has 2 nitrogen and oxygen atoms in total. The third-order valence-electron chi connectivity index (χ3n) is 3.92. The van der Waals surface area contributed by atoms with E-state index in [9.17, 15) is 4.79 Å². The van der Waals surface area contributed by atoms with Crippen LogP contribution >= 0.6 is 15.9 Å². The van der Waals surface area contributed by atoms with Crippen LogP contribution in [0.3, 0.4) is 0 Å². The zero-order valence-electron chi connectivity index (χ0n) is 11.9. The lowest BCUT2D eigenvalue weighted by Crippen LogP contribution is -2.15. The number of carbonyl (C=O) groups is 1. The van der Waals surface area contributed by atoms with Gasteiger partial charge in [-0.25, -0.2) is 0 Å². The highest BCUT2D eigenvalue weighted by Gasteiger charge is 2.22. The molecule has 3 heteroatoms. The summed E-state index contributed by atoms with van der Waals surface area (Å²) >= 11 is 3.50. The molecule has 3 rings (SSSR count). The number of Topliss-reactive ketones (excluding diaryl/α,β-unsaturated/α-hetero) is 1. The minimum Gasteiger partial charge on any atom is -0.485 e. The molecule has 0 bridgehead atoms. The van der Waals surface area contributed by atoms with E-state index in [0.29, 0.717) is 5.56 Å². The van der Waals surface area contributed by atoms with Crippen molar-refractivity contribution in [1.82, 2.24) is 0 Å². The van der Waals surface area contributed by atoms with Gasteiger partial charge in [-0.3, -0.25) is 4.79 Å². The molecule has 0 radical (unpaired) electrons. The summed E-state index contributed by atoms with van der Waals surface area (Å²) < 4.78 is 7.02. The molecule has 1 unspecified atom stereocenters. The largest absolute Gasteiger partial charge is 0.485 e. The normalized spacial score (nSPS) is 17.1. The molecule has 2 aromatic rings. The van der Waals surface area contributed by atoms with Crippen molar-refractivity contribution in [2.45, 2.75) is 32.3 Å². The smallest absolute Gasteiger partial charge is 0.159 e. The Bertz CT molecular complexity index is 679. The number of hydrogen-bond donors (Lipinski definition) is 0. The van der Waals surface area contributed by atoms with Gasteiger partial charge in [-0.2, -0.15) is 0 Å². The topological polar surface area (TPSA) is 26.3 Å². The summed E-state index contributed by atoms with van der Waals surface area (Å²) in [5, 5.41) is 0. The van der Waals surface area contributed by atoms with E-state index in [-0.39, 0.29) is 11.9 Å². The van der Waals surface area contributed by atoms with Crippen LogP contribution in [-0.4, -0.2) is 5.78 Å². The van der Waals surface area contributed by atoms with E-state index in [4.69, 9.17) is 4.74 Å². The van der Waals surface area contributed by atoms with Crippen molar-refractivity contribution in [2.75, 3.05) is 0 Å². The third-order valence-corrected chi connectivity index (χ3v) is 4.54. The number of rotatable bonds is 3. The molecular weight excluding hydrogens is 328 g/mol. The van der Waals surface area contributed by atoms with Crippen molar-refractivity contribution >= 4 is 21.7 Å². The predicted molar refractivity (Wildman–Crippen MR) is 86.9 cm³/mol. The van der Waals surface area contributed by atoms with Crippen molar-refractivity contribution in [1.29, 1.82) is 0 Å². The Labute approximate surface area is 133 Å². The van der Waals surface area contributed by atoms with Crippen LogP contribution < -0.4 is 4.74 Å². The second kappa shape index (κ2) is 6.02. The van der Waals surface area contributed by atoms with E-state index < -0.39 is 0 Å². The average Bonchev–Trinajstić information content (AvgIpc) is 2.49. The summed E-state index contributed by atoms with van der Waals surface area (Å²) in [7, 11) is 0. The predicted octanol–water partition coefficient (Wildman–Crippen LogP) is 5.11. The number of ketones is 1. The first-order chi connectivity index (χ1) is 10.1. The Morgan fingerprint density at radius 2 is 2.05 bits per heavy atom. The molecule has 0 saturated heterocycles. The SMILES string of the molecule is CC(=O)c1ccc(OC2CCCc3ccccc32)c(Br)c1. The molecule has 0 aromatic heterocycles. The fraction of sp³-hybridized carbons (Fsp3) is 0.278. The summed E-state index contributed by atoms with van der Waals surface area (Å²) in [4.78, 5) is 11.4. The van der Waals surface area contributed by atoms with Gasteiger partial charge in [0.05, 0.1) is 4.47 Å². The van der Waals surface area contributed by atoms with E-state index in [1.807, 2.05) is 18.2 Å². The minimum absolute atomic E-state index is 0.0604. The van der Waals surface area contributed by atoms with Crippen LogP contribution in [0.25, 0.3) is 0 Å². The van der Waals surface area contributed by atoms with E-state index in [2.05, 4.69) is 40.2 Å². The van der Waals surface area contributed by atoms with E-state index in [1.54, 1.807) is 6.92 Å². The zero-order valence-corrected chi connectivity index (χ0v) is 13.5. The number of aryl methyl sites for hydroxylation is 1. The van der Waals surface area contributed by atoms with Crippen LogP contribution in [0.4, 0.5) is 0 Å². The van der Waals surface area contributed by atoms with Gasteiger partial charge in [0, 0.05) is 5.56 Å². The van der Waals surface area contributed by atoms with Crippen molar-refractivity contribution < 1.29 is 9.53 Å². The Balaban J connectivity index is 1.86. The fourth-order valence-corrected chi connectivity index (χ4v) is 3.27. The second-order valence-electron chi connectivity index (χ2n) is 5.40. The van der Waals surface area contributed by atoms with Crippen LogP contribution in [0, 0.1) is 0 Å². The highest BCUT2D eigenvalue weighted by atomic mass is 79.9. The molecule has 1 aliphatic carbocycles. The van der Waals surface area contributed by atoms with Gasteiger partial charge in [0.2, 0.25) is 0 Å². The van der Waals surface area contributed by atoms with Crippen LogP contribution in [-0.2, 0) is 6.42 Å². The van der Waals surface area contributed by atoms with Gasteiger partial charge in [-0.15, -0.1) is 0 Å². The molecular formula is C18H17BrO2. The van der Waals surface area contributed by atoms with Gasteiger partial charge in [0.1, 0.15) is 11.9 Å². The zero-order chi connectivity index (χ0) is 14.8. The Morgan fingerprint density at radius 3 is 2.81 bits per heavy atom. The first-order valence-corrected chi connectivity index (χ1v) is 7.99. The third kappa shape index (κ3) is 3.03. The van der Waals surface area contributed by atoms with Crippen molar-refractivity contribution in [3.05, 3.63) is 63.6 Å². The standard InChI is InChI=1S/C18H17BrO2/c1-12(20)14-9-10-18(16(19)11-14)21-17-8-4-6-13-5-2-3-7-15(13)17/h2-3,5,7,9-11,17H,4,6,8H2,1H3. The molecule has 0 amide bonds. The Kier molecular flexibility index (Phi) is 4.11. The van der Waals surface area contributed by atoms with Gasteiger partial charge in [-0.1, -0.05) is 24.3 Å².